The van der Waals surface area contributed by atoms with Crippen molar-refractivity contribution in [2.45, 2.75) is 20.3 Å². The maximum Gasteiger partial charge on any atom is 0.0853 e. The first-order valence-electron chi connectivity index (χ1n) is 4.44. The second-order valence-corrected chi connectivity index (χ2v) is 2.80. The lowest BCUT2D eigenvalue weighted by Gasteiger charge is -1.98. The third kappa shape index (κ3) is 2.51. The maximum atomic E-state index is 4.31. The van der Waals surface area contributed by atoms with Gasteiger partial charge in [0.2, 0.25) is 0 Å². The molecule has 0 spiro atoms. The molecule has 0 radical (unpaired) electrons. The van der Waals surface area contributed by atoms with Crippen LogP contribution in [0, 0.1) is 11.8 Å². The van der Waals surface area contributed by atoms with Crippen LogP contribution in [-0.2, 0) is 13.5 Å². The lowest BCUT2D eigenvalue weighted by atomic mass is 10.3. The third-order valence-electron chi connectivity index (χ3n) is 1.78. The number of anilines is 1. The topological polar surface area (TPSA) is 29.9 Å². The molecule has 1 aromatic rings. The molecule has 0 unspecified atom stereocenters. The Morgan fingerprint density at radius 1 is 1.62 bits per heavy atom. The molecule has 0 saturated heterocycles. The van der Waals surface area contributed by atoms with Crippen molar-refractivity contribution in [3.63, 3.8) is 0 Å². The molecule has 13 heavy (non-hydrogen) atoms. The summed E-state index contributed by atoms with van der Waals surface area (Å²) in [5.41, 5.74) is 2.19. The van der Waals surface area contributed by atoms with Crippen LogP contribution in [0.1, 0.15) is 19.5 Å². The van der Waals surface area contributed by atoms with E-state index >= 15 is 0 Å². The molecule has 0 fully saturated rings. The predicted octanol–water partition coefficient (Wildman–Crippen LogP) is 1.42. The lowest BCUT2D eigenvalue weighted by molar-refractivity contribution is 0.746. The fraction of sp³-hybridized carbons (Fsp3) is 0.500. The molecule has 0 atom stereocenters. The highest BCUT2D eigenvalue weighted by atomic mass is 15.3. The summed E-state index contributed by atoms with van der Waals surface area (Å²) in [5.74, 6) is 5.80. The average Bonchev–Trinajstić information content (AvgIpc) is 2.47. The van der Waals surface area contributed by atoms with E-state index < -0.39 is 0 Å². The summed E-state index contributed by atoms with van der Waals surface area (Å²) in [6.07, 6.45) is 2.93. The number of aryl methyl sites for hydroxylation is 2. The largest absolute Gasteiger partial charge is 0.371 e. The Hall–Kier alpha value is -1.43. The van der Waals surface area contributed by atoms with Crippen molar-refractivity contribution in [2.75, 3.05) is 11.9 Å². The Kier molecular flexibility index (Phi) is 3.39. The van der Waals surface area contributed by atoms with Crippen molar-refractivity contribution < 1.29 is 0 Å². The van der Waals surface area contributed by atoms with Gasteiger partial charge in [0.15, 0.2) is 0 Å². The van der Waals surface area contributed by atoms with Gasteiger partial charge in [0.25, 0.3) is 0 Å². The van der Waals surface area contributed by atoms with E-state index in [-0.39, 0.29) is 0 Å². The van der Waals surface area contributed by atoms with Gasteiger partial charge in [-0.25, -0.2) is 0 Å². The van der Waals surface area contributed by atoms with Crippen LogP contribution in [0.3, 0.4) is 0 Å². The molecule has 1 aromatic heterocycles. The van der Waals surface area contributed by atoms with Crippen LogP contribution < -0.4 is 5.32 Å². The summed E-state index contributed by atoms with van der Waals surface area (Å²) < 4.78 is 1.82. The van der Waals surface area contributed by atoms with Crippen LogP contribution in [0.4, 0.5) is 5.69 Å². The van der Waals surface area contributed by atoms with Gasteiger partial charge in [-0.15, -0.1) is 5.92 Å². The Morgan fingerprint density at radius 2 is 2.38 bits per heavy atom. The molecule has 0 amide bonds. The Morgan fingerprint density at radius 3 is 3.00 bits per heavy atom. The average molecular weight is 177 g/mol. The van der Waals surface area contributed by atoms with Crippen molar-refractivity contribution >= 4 is 5.69 Å². The van der Waals surface area contributed by atoms with E-state index in [4.69, 9.17) is 0 Å². The molecule has 70 valence electrons. The van der Waals surface area contributed by atoms with E-state index in [2.05, 4.69) is 29.2 Å². The number of hydrogen-bond acceptors (Lipinski definition) is 2. The quantitative estimate of drug-likeness (QED) is 0.708. The van der Waals surface area contributed by atoms with E-state index in [9.17, 15) is 0 Å². The minimum absolute atomic E-state index is 0.690. The summed E-state index contributed by atoms with van der Waals surface area (Å²) >= 11 is 0. The van der Waals surface area contributed by atoms with E-state index in [1.165, 1.54) is 0 Å². The maximum absolute atomic E-state index is 4.31. The van der Waals surface area contributed by atoms with E-state index in [0.29, 0.717) is 6.54 Å². The van der Waals surface area contributed by atoms with Gasteiger partial charge >= 0.3 is 0 Å². The van der Waals surface area contributed by atoms with E-state index in [0.717, 1.165) is 17.8 Å². The predicted molar refractivity (Wildman–Crippen MR) is 54.5 cm³/mol. The van der Waals surface area contributed by atoms with Crippen molar-refractivity contribution in [1.29, 1.82) is 0 Å². The highest BCUT2D eigenvalue weighted by molar-refractivity contribution is 5.47. The van der Waals surface area contributed by atoms with E-state index in [1.54, 1.807) is 0 Å². The van der Waals surface area contributed by atoms with Crippen LogP contribution in [-0.4, -0.2) is 16.3 Å². The van der Waals surface area contributed by atoms with Crippen molar-refractivity contribution in [1.82, 2.24) is 9.78 Å². The van der Waals surface area contributed by atoms with Gasteiger partial charge < -0.3 is 5.32 Å². The fourth-order valence-corrected chi connectivity index (χ4v) is 1.17. The standard InChI is InChI=1S/C10H15N3/c1-4-6-7-11-10-8-13(3)12-9(10)5-2/h8,11H,5,7H2,1-3H3. The van der Waals surface area contributed by atoms with Crippen molar-refractivity contribution in [3.05, 3.63) is 11.9 Å². The first-order valence-corrected chi connectivity index (χ1v) is 4.44. The molecule has 0 aliphatic rings. The molecule has 0 saturated carbocycles. The number of aromatic nitrogens is 2. The van der Waals surface area contributed by atoms with E-state index in [1.807, 2.05) is 24.9 Å². The molecule has 0 aliphatic carbocycles. The highest BCUT2D eigenvalue weighted by Gasteiger charge is 2.02. The zero-order valence-corrected chi connectivity index (χ0v) is 8.39. The lowest BCUT2D eigenvalue weighted by Crippen LogP contribution is -1.99. The molecular weight excluding hydrogens is 162 g/mol. The molecule has 3 heteroatoms. The van der Waals surface area contributed by atoms with Crippen LogP contribution >= 0.6 is 0 Å². The molecule has 0 aliphatic heterocycles. The Labute approximate surface area is 79.1 Å². The minimum Gasteiger partial charge on any atom is -0.371 e. The van der Waals surface area contributed by atoms with Gasteiger partial charge in [0.1, 0.15) is 0 Å². The molecule has 0 bridgehead atoms. The zero-order chi connectivity index (χ0) is 9.68. The summed E-state index contributed by atoms with van der Waals surface area (Å²) in [5, 5.41) is 7.54. The molecule has 0 aromatic carbocycles. The van der Waals surface area contributed by atoms with Crippen molar-refractivity contribution in [3.8, 4) is 11.8 Å². The zero-order valence-electron chi connectivity index (χ0n) is 8.39. The number of hydrogen-bond donors (Lipinski definition) is 1. The third-order valence-corrected chi connectivity index (χ3v) is 1.78. The minimum atomic E-state index is 0.690. The van der Waals surface area contributed by atoms with Gasteiger partial charge in [-0.2, -0.15) is 5.10 Å². The van der Waals surface area contributed by atoms with Gasteiger partial charge in [-0.05, 0) is 13.3 Å². The molecule has 1 N–H and O–H groups in total. The monoisotopic (exact) mass is 177 g/mol. The summed E-state index contributed by atoms with van der Waals surface area (Å²) in [7, 11) is 1.93. The first kappa shape index (κ1) is 9.66. The van der Waals surface area contributed by atoms with Gasteiger partial charge in [0.05, 0.1) is 17.9 Å². The van der Waals surface area contributed by atoms with Crippen LogP contribution in [0.5, 0.6) is 0 Å². The highest BCUT2D eigenvalue weighted by Crippen LogP contribution is 2.12. The summed E-state index contributed by atoms with van der Waals surface area (Å²) in [6.45, 7) is 4.62. The smallest absolute Gasteiger partial charge is 0.0853 e. The van der Waals surface area contributed by atoms with Crippen LogP contribution in [0.15, 0.2) is 6.20 Å². The Bertz CT molecular complexity index is 328. The van der Waals surface area contributed by atoms with Gasteiger partial charge in [0, 0.05) is 13.2 Å². The first-order chi connectivity index (χ1) is 6.27. The van der Waals surface area contributed by atoms with Crippen molar-refractivity contribution in [2.24, 2.45) is 7.05 Å². The van der Waals surface area contributed by atoms with Gasteiger partial charge in [-0.1, -0.05) is 12.8 Å². The van der Waals surface area contributed by atoms with Gasteiger partial charge in [-0.3, -0.25) is 4.68 Å². The number of rotatable bonds is 3. The summed E-state index contributed by atoms with van der Waals surface area (Å²) in [6, 6.07) is 0. The van der Waals surface area contributed by atoms with Crippen LogP contribution in [0.25, 0.3) is 0 Å². The number of nitrogens with one attached hydrogen (secondary N) is 1. The normalized spacial score (nSPS) is 9.15. The molecule has 1 heterocycles. The Balaban J connectivity index is 2.67. The molecule has 1 rings (SSSR count). The fourth-order valence-electron chi connectivity index (χ4n) is 1.17. The number of nitrogens with zero attached hydrogens (tertiary/aromatic N) is 2. The second-order valence-electron chi connectivity index (χ2n) is 2.80. The van der Waals surface area contributed by atoms with Crippen LogP contribution in [0.2, 0.25) is 0 Å². The second kappa shape index (κ2) is 4.56. The molecular formula is C10H15N3. The summed E-state index contributed by atoms with van der Waals surface area (Å²) in [4.78, 5) is 0. The molecule has 3 nitrogen and oxygen atoms in total. The SMILES string of the molecule is CC#CCNc1cn(C)nc1CC.